The highest BCUT2D eigenvalue weighted by Crippen LogP contribution is 2.11. The van der Waals surface area contributed by atoms with Crippen molar-refractivity contribution in [3.05, 3.63) is 30.3 Å². The molecule has 2 N–H and O–H groups in total. The Kier molecular flexibility index (Phi) is 5.17. The zero-order valence-corrected chi connectivity index (χ0v) is 10.5. The van der Waals surface area contributed by atoms with E-state index >= 15 is 0 Å². The van der Waals surface area contributed by atoms with Crippen molar-refractivity contribution in [1.82, 2.24) is 5.32 Å². The Morgan fingerprint density at radius 3 is 2.89 bits per heavy atom. The molecule has 1 saturated heterocycles. The summed E-state index contributed by atoms with van der Waals surface area (Å²) in [5.74, 6) is 0.543. The second kappa shape index (κ2) is 7.13. The first-order valence-electron chi connectivity index (χ1n) is 6.48. The molecule has 0 aliphatic carbocycles. The third-order valence-electron chi connectivity index (χ3n) is 3.03. The quantitative estimate of drug-likeness (QED) is 0.833. The van der Waals surface area contributed by atoms with Gasteiger partial charge in [-0.3, -0.25) is 4.79 Å². The van der Waals surface area contributed by atoms with Crippen LogP contribution in [0.2, 0.25) is 0 Å². The second-order valence-corrected chi connectivity index (χ2v) is 4.63. The van der Waals surface area contributed by atoms with Gasteiger partial charge >= 0.3 is 0 Å². The molecule has 98 valence electrons. The van der Waals surface area contributed by atoms with Crippen LogP contribution in [0.25, 0.3) is 0 Å². The maximum absolute atomic E-state index is 11.6. The fraction of sp³-hybridized carbons (Fsp3) is 0.500. The number of hydrogen-bond acceptors (Lipinski definition) is 3. The van der Waals surface area contributed by atoms with E-state index in [4.69, 9.17) is 4.74 Å². The number of ether oxygens (including phenoxy) is 1. The molecule has 0 spiro atoms. The number of anilines is 1. The highest BCUT2D eigenvalue weighted by molar-refractivity contribution is 5.92. The molecule has 1 aromatic rings. The second-order valence-electron chi connectivity index (χ2n) is 4.63. The Bertz CT molecular complexity index is 361. The van der Waals surface area contributed by atoms with Gasteiger partial charge in [-0.05, 0) is 30.9 Å². The maximum Gasteiger partial charge on any atom is 0.238 e. The van der Waals surface area contributed by atoms with Crippen LogP contribution < -0.4 is 10.6 Å². The molecule has 4 nitrogen and oxygen atoms in total. The van der Waals surface area contributed by atoms with Crippen LogP contribution in [0, 0.1) is 5.92 Å². The van der Waals surface area contributed by atoms with Gasteiger partial charge in [0.05, 0.1) is 13.2 Å². The van der Waals surface area contributed by atoms with Gasteiger partial charge in [0.1, 0.15) is 0 Å². The molecular weight excluding hydrogens is 228 g/mol. The molecule has 18 heavy (non-hydrogen) atoms. The van der Waals surface area contributed by atoms with Gasteiger partial charge in [-0.2, -0.15) is 0 Å². The summed E-state index contributed by atoms with van der Waals surface area (Å²) in [6.07, 6.45) is 2.32. The Labute approximate surface area is 108 Å². The highest BCUT2D eigenvalue weighted by Gasteiger charge is 2.13. The molecule has 1 aliphatic heterocycles. The summed E-state index contributed by atoms with van der Waals surface area (Å²) in [5, 5.41) is 6.03. The zero-order valence-electron chi connectivity index (χ0n) is 10.5. The molecule has 0 saturated carbocycles. The van der Waals surface area contributed by atoms with E-state index in [1.54, 1.807) is 0 Å². The Hall–Kier alpha value is -1.39. The average Bonchev–Trinajstić information content (AvgIpc) is 2.41. The van der Waals surface area contributed by atoms with Crippen LogP contribution in [0.5, 0.6) is 0 Å². The molecule has 0 bridgehead atoms. The van der Waals surface area contributed by atoms with Gasteiger partial charge < -0.3 is 15.4 Å². The van der Waals surface area contributed by atoms with Gasteiger partial charge in [0.2, 0.25) is 5.91 Å². The lowest BCUT2D eigenvalue weighted by molar-refractivity contribution is -0.115. The molecule has 1 unspecified atom stereocenters. The number of amides is 1. The van der Waals surface area contributed by atoms with Crippen LogP contribution in [0.15, 0.2) is 30.3 Å². The van der Waals surface area contributed by atoms with E-state index in [0.29, 0.717) is 12.5 Å². The van der Waals surface area contributed by atoms with Crippen molar-refractivity contribution in [3.63, 3.8) is 0 Å². The van der Waals surface area contributed by atoms with Crippen molar-refractivity contribution < 1.29 is 9.53 Å². The SMILES string of the molecule is O=C(CNCC1CCCOC1)Nc1ccccc1. The van der Waals surface area contributed by atoms with Crippen molar-refractivity contribution in [2.24, 2.45) is 5.92 Å². The van der Waals surface area contributed by atoms with Gasteiger partial charge in [-0.15, -0.1) is 0 Å². The fourth-order valence-electron chi connectivity index (χ4n) is 2.08. The lowest BCUT2D eigenvalue weighted by Gasteiger charge is -2.22. The van der Waals surface area contributed by atoms with Crippen LogP contribution in [-0.4, -0.2) is 32.2 Å². The first-order chi connectivity index (χ1) is 8.84. The van der Waals surface area contributed by atoms with Crippen LogP contribution in [0.1, 0.15) is 12.8 Å². The number of para-hydroxylation sites is 1. The van der Waals surface area contributed by atoms with E-state index in [-0.39, 0.29) is 5.91 Å². The molecule has 1 fully saturated rings. The van der Waals surface area contributed by atoms with Gasteiger partial charge in [-0.1, -0.05) is 18.2 Å². The third-order valence-corrected chi connectivity index (χ3v) is 3.03. The summed E-state index contributed by atoms with van der Waals surface area (Å²) in [7, 11) is 0. The summed E-state index contributed by atoms with van der Waals surface area (Å²) < 4.78 is 5.39. The third kappa shape index (κ3) is 4.47. The predicted octanol–water partition coefficient (Wildman–Crippen LogP) is 1.64. The van der Waals surface area contributed by atoms with Gasteiger partial charge in [0, 0.05) is 18.8 Å². The summed E-state index contributed by atoms with van der Waals surface area (Å²) in [6, 6.07) is 9.50. The molecule has 1 atom stereocenters. The summed E-state index contributed by atoms with van der Waals surface area (Å²) in [6.45, 7) is 2.89. The Balaban J connectivity index is 1.62. The smallest absolute Gasteiger partial charge is 0.238 e. The summed E-state index contributed by atoms with van der Waals surface area (Å²) >= 11 is 0. The molecule has 1 amide bonds. The first-order valence-corrected chi connectivity index (χ1v) is 6.48. The van der Waals surface area contributed by atoms with Crippen molar-refractivity contribution in [3.8, 4) is 0 Å². The molecule has 2 rings (SSSR count). The lowest BCUT2D eigenvalue weighted by atomic mass is 10.0. The van der Waals surface area contributed by atoms with Crippen molar-refractivity contribution in [2.45, 2.75) is 12.8 Å². The van der Waals surface area contributed by atoms with E-state index in [1.165, 1.54) is 6.42 Å². The maximum atomic E-state index is 11.6. The summed E-state index contributed by atoms with van der Waals surface area (Å²) in [5.41, 5.74) is 0.838. The van der Waals surface area contributed by atoms with Crippen molar-refractivity contribution in [1.29, 1.82) is 0 Å². The van der Waals surface area contributed by atoms with Crippen LogP contribution in [-0.2, 0) is 9.53 Å². The Morgan fingerprint density at radius 2 is 2.17 bits per heavy atom. The van der Waals surface area contributed by atoms with Crippen LogP contribution in [0.3, 0.4) is 0 Å². The lowest BCUT2D eigenvalue weighted by Crippen LogP contribution is -2.34. The fourth-order valence-corrected chi connectivity index (χ4v) is 2.08. The number of hydrogen-bond donors (Lipinski definition) is 2. The summed E-state index contributed by atoms with van der Waals surface area (Å²) in [4.78, 5) is 11.6. The van der Waals surface area contributed by atoms with E-state index < -0.39 is 0 Å². The molecule has 1 aromatic carbocycles. The van der Waals surface area contributed by atoms with E-state index in [2.05, 4.69) is 10.6 Å². The van der Waals surface area contributed by atoms with Crippen molar-refractivity contribution in [2.75, 3.05) is 31.6 Å². The molecule has 0 radical (unpaired) electrons. The number of rotatable bonds is 5. The van der Waals surface area contributed by atoms with Crippen LogP contribution >= 0.6 is 0 Å². The number of carbonyl (C=O) groups is 1. The highest BCUT2D eigenvalue weighted by atomic mass is 16.5. The minimum atomic E-state index is -0.00192. The molecule has 1 aliphatic rings. The average molecular weight is 248 g/mol. The normalized spacial score (nSPS) is 19.4. The first kappa shape index (κ1) is 13.1. The standard InChI is InChI=1S/C14H20N2O2/c17-14(16-13-6-2-1-3-7-13)10-15-9-12-5-4-8-18-11-12/h1-3,6-7,12,15H,4-5,8-11H2,(H,16,17). The van der Waals surface area contributed by atoms with Crippen molar-refractivity contribution >= 4 is 11.6 Å². The molecule has 0 aromatic heterocycles. The van der Waals surface area contributed by atoms with Gasteiger partial charge in [-0.25, -0.2) is 0 Å². The minimum Gasteiger partial charge on any atom is -0.381 e. The van der Waals surface area contributed by atoms with E-state index in [1.807, 2.05) is 30.3 Å². The molecule has 1 heterocycles. The number of benzene rings is 1. The van der Waals surface area contributed by atoms with Gasteiger partial charge in [0.15, 0.2) is 0 Å². The number of carbonyl (C=O) groups excluding carboxylic acids is 1. The monoisotopic (exact) mass is 248 g/mol. The Morgan fingerprint density at radius 1 is 1.33 bits per heavy atom. The zero-order chi connectivity index (χ0) is 12.6. The van der Waals surface area contributed by atoms with Gasteiger partial charge in [0.25, 0.3) is 0 Å². The largest absolute Gasteiger partial charge is 0.381 e. The molecular formula is C14H20N2O2. The van der Waals surface area contributed by atoms with E-state index in [9.17, 15) is 4.79 Å². The number of nitrogens with one attached hydrogen (secondary N) is 2. The topological polar surface area (TPSA) is 50.4 Å². The van der Waals surface area contributed by atoms with Crippen LogP contribution in [0.4, 0.5) is 5.69 Å². The van der Waals surface area contributed by atoms with E-state index in [0.717, 1.165) is 31.9 Å². The predicted molar refractivity (Wildman–Crippen MR) is 71.5 cm³/mol. The molecule has 4 heteroatoms. The minimum absolute atomic E-state index is 0.00192.